The van der Waals surface area contributed by atoms with E-state index in [-0.39, 0.29) is 12.1 Å². The van der Waals surface area contributed by atoms with Crippen molar-refractivity contribution < 1.29 is 9.53 Å². The first-order valence-corrected chi connectivity index (χ1v) is 7.69. The maximum atomic E-state index is 12.2. The molecule has 2 N–H and O–H groups in total. The van der Waals surface area contributed by atoms with Gasteiger partial charge >= 0.3 is 6.09 Å². The summed E-state index contributed by atoms with van der Waals surface area (Å²) in [5.74, 6) is 1.38. The molecule has 1 aromatic rings. The maximum absolute atomic E-state index is 12.2. The van der Waals surface area contributed by atoms with E-state index in [1.807, 2.05) is 32.9 Å². The van der Waals surface area contributed by atoms with Crippen LogP contribution in [0.1, 0.15) is 33.6 Å². The fraction of sp³-hybridized carbons (Fsp3) is 0.625. The smallest absolute Gasteiger partial charge is 0.410 e. The van der Waals surface area contributed by atoms with Crippen LogP contribution in [0.5, 0.6) is 0 Å². The molecule has 2 heterocycles. The van der Waals surface area contributed by atoms with Gasteiger partial charge in [0.1, 0.15) is 17.2 Å². The van der Waals surface area contributed by atoms with Gasteiger partial charge in [0, 0.05) is 20.1 Å². The number of nitrogens with zero attached hydrogens (tertiary/aromatic N) is 3. The molecule has 1 amide bonds. The number of rotatable bonds is 2. The van der Waals surface area contributed by atoms with Crippen LogP contribution in [-0.2, 0) is 4.74 Å². The summed E-state index contributed by atoms with van der Waals surface area (Å²) < 4.78 is 5.45. The SMILES string of the molecule is CN(C(=O)OC(C)(C)C)C1CCCN(c2cccc(N)n2)C1. The summed E-state index contributed by atoms with van der Waals surface area (Å²) in [5, 5.41) is 0. The van der Waals surface area contributed by atoms with Crippen LogP contribution in [0.4, 0.5) is 16.4 Å². The average Bonchev–Trinajstić information content (AvgIpc) is 2.45. The summed E-state index contributed by atoms with van der Waals surface area (Å²) in [5.41, 5.74) is 5.28. The van der Waals surface area contributed by atoms with Crippen molar-refractivity contribution in [3.05, 3.63) is 18.2 Å². The Hall–Kier alpha value is -1.98. The second kappa shape index (κ2) is 6.42. The van der Waals surface area contributed by atoms with Crippen molar-refractivity contribution in [1.29, 1.82) is 0 Å². The zero-order valence-corrected chi connectivity index (χ0v) is 13.9. The topological polar surface area (TPSA) is 71.7 Å². The number of carbonyl (C=O) groups is 1. The third kappa shape index (κ3) is 4.26. The van der Waals surface area contributed by atoms with Gasteiger partial charge in [-0.25, -0.2) is 9.78 Å². The second-order valence-corrected chi connectivity index (χ2v) is 6.75. The fourth-order valence-corrected chi connectivity index (χ4v) is 2.58. The molecule has 2 rings (SSSR count). The fourth-order valence-electron chi connectivity index (χ4n) is 2.58. The Bertz CT molecular complexity index is 527. The Morgan fingerprint density at radius 2 is 2.18 bits per heavy atom. The minimum absolute atomic E-state index is 0.117. The highest BCUT2D eigenvalue weighted by Crippen LogP contribution is 2.22. The molecule has 1 saturated heterocycles. The van der Waals surface area contributed by atoms with Crippen LogP contribution in [0, 0.1) is 0 Å². The van der Waals surface area contributed by atoms with Gasteiger partial charge in [0.2, 0.25) is 0 Å². The molecule has 0 aromatic carbocycles. The molecule has 0 saturated carbocycles. The highest BCUT2D eigenvalue weighted by molar-refractivity contribution is 5.68. The lowest BCUT2D eigenvalue weighted by atomic mass is 10.0. The number of amides is 1. The Labute approximate surface area is 132 Å². The predicted octanol–water partition coefficient (Wildman–Crippen LogP) is 2.50. The molecule has 1 aliphatic heterocycles. The molecule has 0 spiro atoms. The van der Waals surface area contributed by atoms with Gasteiger partial charge in [0.25, 0.3) is 0 Å². The van der Waals surface area contributed by atoms with E-state index in [4.69, 9.17) is 10.5 Å². The van der Waals surface area contributed by atoms with Gasteiger partial charge in [0.05, 0.1) is 6.04 Å². The molecule has 0 aliphatic carbocycles. The first-order chi connectivity index (χ1) is 10.3. The first kappa shape index (κ1) is 16.4. The monoisotopic (exact) mass is 306 g/mol. The van der Waals surface area contributed by atoms with E-state index in [0.717, 1.165) is 31.7 Å². The van der Waals surface area contributed by atoms with E-state index in [0.29, 0.717) is 5.82 Å². The molecule has 6 heteroatoms. The van der Waals surface area contributed by atoms with Crippen molar-refractivity contribution in [1.82, 2.24) is 9.88 Å². The molecule has 0 radical (unpaired) electrons. The number of likely N-dealkylation sites (N-methyl/N-ethyl adjacent to an activating group) is 1. The zero-order valence-electron chi connectivity index (χ0n) is 13.9. The number of anilines is 2. The lowest BCUT2D eigenvalue weighted by molar-refractivity contribution is 0.0209. The molecule has 1 atom stereocenters. The van der Waals surface area contributed by atoms with Crippen LogP contribution in [0.2, 0.25) is 0 Å². The molecular formula is C16H26N4O2. The molecule has 1 fully saturated rings. The van der Waals surface area contributed by atoms with E-state index in [2.05, 4.69) is 9.88 Å². The normalized spacial score (nSPS) is 18.9. The van der Waals surface area contributed by atoms with E-state index >= 15 is 0 Å². The standard InChI is InChI=1S/C16H26N4O2/c1-16(2,3)22-15(21)19(4)12-7-6-10-20(11-12)14-9-5-8-13(17)18-14/h5,8-9,12H,6-7,10-11H2,1-4H3,(H2,17,18). The molecule has 122 valence electrons. The third-order valence-electron chi connectivity index (χ3n) is 3.71. The lowest BCUT2D eigenvalue weighted by Gasteiger charge is -2.38. The number of nitrogens with two attached hydrogens (primary N) is 1. The van der Waals surface area contributed by atoms with Gasteiger partial charge in [-0.3, -0.25) is 0 Å². The van der Waals surface area contributed by atoms with Gasteiger partial charge in [-0.1, -0.05) is 6.07 Å². The summed E-state index contributed by atoms with van der Waals surface area (Å²) in [6.07, 6.45) is 1.70. The molecule has 1 aromatic heterocycles. The average molecular weight is 306 g/mol. The highest BCUT2D eigenvalue weighted by Gasteiger charge is 2.29. The van der Waals surface area contributed by atoms with Crippen LogP contribution < -0.4 is 10.6 Å². The summed E-state index contributed by atoms with van der Waals surface area (Å²) in [7, 11) is 1.80. The molecular weight excluding hydrogens is 280 g/mol. The van der Waals surface area contributed by atoms with E-state index < -0.39 is 5.60 Å². The van der Waals surface area contributed by atoms with Gasteiger partial charge in [-0.15, -0.1) is 0 Å². The third-order valence-corrected chi connectivity index (χ3v) is 3.71. The lowest BCUT2D eigenvalue weighted by Crippen LogP contribution is -2.50. The first-order valence-electron chi connectivity index (χ1n) is 7.69. The van der Waals surface area contributed by atoms with Crippen molar-refractivity contribution in [2.24, 2.45) is 0 Å². The Balaban J connectivity index is 2.02. The summed E-state index contributed by atoms with van der Waals surface area (Å²) in [6.45, 7) is 7.30. The number of nitrogen functional groups attached to an aromatic ring is 1. The van der Waals surface area contributed by atoms with Gasteiger partial charge in [-0.05, 0) is 45.7 Å². The summed E-state index contributed by atoms with van der Waals surface area (Å²) in [4.78, 5) is 20.4. The Morgan fingerprint density at radius 1 is 1.45 bits per heavy atom. The van der Waals surface area contributed by atoms with E-state index in [9.17, 15) is 4.79 Å². The van der Waals surface area contributed by atoms with Crippen molar-refractivity contribution in [3.8, 4) is 0 Å². The van der Waals surface area contributed by atoms with Gasteiger partial charge in [0.15, 0.2) is 0 Å². The summed E-state index contributed by atoms with van der Waals surface area (Å²) >= 11 is 0. The van der Waals surface area contributed by atoms with Crippen LogP contribution in [-0.4, -0.2) is 47.8 Å². The quantitative estimate of drug-likeness (QED) is 0.909. The maximum Gasteiger partial charge on any atom is 0.410 e. The number of carbonyl (C=O) groups excluding carboxylic acids is 1. The molecule has 6 nitrogen and oxygen atoms in total. The van der Waals surface area contributed by atoms with Crippen LogP contribution >= 0.6 is 0 Å². The van der Waals surface area contributed by atoms with E-state index in [1.165, 1.54) is 0 Å². The minimum atomic E-state index is -0.477. The molecule has 0 bridgehead atoms. The molecule has 1 unspecified atom stereocenters. The number of hydrogen-bond acceptors (Lipinski definition) is 5. The van der Waals surface area contributed by atoms with Crippen molar-refractivity contribution in [2.75, 3.05) is 30.8 Å². The van der Waals surface area contributed by atoms with Crippen LogP contribution in [0.25, 0.3) is 0 Å². The van der Waals surface area contributed by atoms with Gasteiger partial charge < -0.3 is 20.3 Å². The summed E-state index contributed by atoms with van der Waals surface area (Å²) in [6, 6.07) is 5.75. The molecule has 1 aliphatic rings. The van der Waals surface area contributed by atoms with Crippen molar-refractivity contribution in [2.45, 2.75) is 45.3 Å². The minimum Gasteiger partial charge on any atom is -0.444 e. The zero-order chi connectivity index (χ0) is 16.3. The number of piperidine rings is 1. The Morgan fingerprint density at radius 3 is 2.82 bits per heavy atom. The predicted molar refractivity (Wildman–Crippen MR) is 87.9 cm³/mol. The highest BCUT2D eigenvalue weighted by atomic mass is 16.6. The number of hydrogen-bond donors (Lipinski definition) is 1. The van der Waals surface area contributed by atoms with Gasteiger partial charge in [-0.2, -0.15) is 0 Å². The van der Waals surface area contributed by atoms with Crippen LogP contribution in [0.3, 0.4) is 0 Å². The number of pyridine rings is 1. The van der Waals surface area contributed by atoms with Crippen molar-refractivity contribution >= 4 is 17.7 Å². The van der Waals surface area contributed by atoms with Crippen LogP contribution in [0.15, 0.2) is 18.2 Å². The molecule has 22 heavy (non-hydrogen) atoms. The number of ether oxygens (including phenoxy) is 1. The Kier molecular flexibility index (Phi) is 4.78. The van der Waals surface area contributed by atoms with E-state index in [1.54, 1.807) is 18.0 Å². The number of aromatic nitrogens is 1. The van der Waals surface area contributed by atoms with Crippen molar-refractivity contribution in [3.63, 3.8) is 0 Å². The second-order valence-electron chi connectivity index (χ2n) is 6.75. The largest absolute Gasteiger partial charge is 0.444 e.